The summed E-state index contributed by atoms with van der Waals surface area (Å²) in [6.07, 6.45) is 4.50. The van der Waals surface area contributed by atoms with Gasteiger partial charge < -0.3 is 15.4 Å². The molecule has 4 heteroatoms. The van der Waals surface area contributed by atoms with Gasteiger partial charge in [-0.05, 0) is 43.9 Å². The Bertz CT molecular complexity index is 282. The van der Waals surface area contributed by atoms with Gasteiger partial charge in [0, 0.05) is 25.8 Å². The van der Waals surface area contributed by atoms with E-state index in [1.807, 2.05) is 6.92 Å². The lowest BCUT2D eigenvalue weighted by atomic mass is 9.74. The topological polar surface area (TPSA) is 50.4 Å². The van der Waals surface area contributed by atoms with Gasteiger partial charge in [-0.1, -0.05) is 27.2 Å². The Hall–Kier alpha value is -0.770. The summed E-state index contributed by atoms with van der Waals surface area (Å²) < 4.78 is 5.26. The zero-order chi connectivity index (χ0) is 15.0. The second-order valence-electron chi connectivity index (χ2n) is 6.38. The molecule has 20 heavy (non-hydrogen) atoms. The van der Waals surface area contributed by atoms with E-state index in [2.05, 4.69) is 31.4 Å². The van der Waals surface area contributed by atoms with Crippen molar-refractivity contribution >= 4 is 6.03 Å². The van der Waals surface area contributed by atoms with Gasteiger partial charge in [-0.2, -0.15) is 0 Å². The third-order valence-corrected chi connectivity index (χ3v) is 4.29. The molecule has 2 N–H and O–H groups in total. The number of amides is 2. The van der Waals surface area contributed by atoms with Gasteiger partial charge >= 0.3 is 6.03 Å². The number of carbonyl (C=O) groups excluding carboxylic acids is 1. The molecule has 4 nitrogen and oxygen atoms in total. The van der Waals surface area contributed by atoms with Crippen molar-refractivity contribution in [1.29, 1.82) is 0 Å². The summed E-state index contributed by atoms with van der Waals surface area (Å²) in [7, 11) is 0. The predicted molar refractivity (Wildman–Crippen MR) is 82.8 cm³/mol. The molecule has 1 aliphatic carbocycles. The van der Waals surface area contributed by atoms with Crippen LogP contribution in [0.3, 0.4) is 0 Å². The highest BCUT2D eigenvalue weighted by atomic mass is 16.5. The van der Waals surface area contributed by atoms with Crippen LogP contribution in [0.1, 0.15) is 53.4 Å². The van der Waals surface area contributed by atoms with Crippen LogP contribution in [0.5, 0.6) is 0 Å². The van der Waals surface area contributed by atoms with Crippen LogP contribution in [-0.4, -0.2) is 31.8 Å². The maximum absolute atomic E-state index is 12.0. The van der Waals surface area contributed by atoms with E-state index in [0.29, 0.717) is 36.9 Å². The lowest BCUT2D eigenvalue weighted by Gasteiger charge is -2.37. The fourth-order valence-electron chi connectivity index (χ4n) is 3.11. The summed E-state index contributed by atoms with van der Waals surface area (Å²) in [5.41, 5.74) is 0. The maximum Gasteiger partial charge on any atom is 0.315 e. The molecule has 1 fully saturated rings. The molecular weight excluding hydrogens is 252 g/mol. The minimum atomic E-state index is -0.0220. The average Bonchev–Trinajstić information content (AvgIpc) is 2.38. The quantitative estimate of drug-likeness (QED) is 0.705. The van der Waals surface area contributed by atoms with Crippen LogP contribution >= 0.6 is 0 Å². The first kappa shape index (κ1) is 17.3. The Morgan fingerprint density at radius 1 is 1.35 bits per heavy atom. The Kier molecular flexibility index (Phi) is 7.97. The lowest BCUT2D eigenvalue weighted by molar-refractivity contribution is 0.144. The molecule has 0 aliphatic heterocycles. The molecule has 0 aromatic carbocycles. The molecule has 1 unspecified atom stereocenters. The van der Waals surface area contributed by atoms with E-state index in [1.165, 1.54) is 12.8 Å². The smallest absolute Gasteiger partial charge is 0.315 e. The van der Waals surface area contributed by atoms with Gasteiger partial charge in [0.15, 0.2) is 0 Å². The Morgan fingerprint density at radius 2 is 2.10 bits per heavy atom. The monoisotopic (exact) mass is 284 g/mol. The highest BCUT2D eigenvalue weighted by Gasteiger charge is 2.31. The van der Waals surface area contributed by atoms with E-state index in [1.54, 1.807) is 0 Å². The van der Waals surface area contributed by atoms with E-state index in [-0.39, 0.29) is 6.03 Å². The summed E-state index contributed by atoms with van der Waals surface area (Å²) in [5, 5.41) is 6.11. The van der Waals surface area contributed by atoms with Crippen LogP contribution in [0.25, 0.3) is 0 Å². The molecule has 1 rings (SSSR count). The van der Waals surface area contributed by atoms with E-state index in [0.717, 1.165) is 19.4 Å². The summed E-state index contributed by atoms with van der Waals surface area (Å²) in [5.74, 6) is 1.96. The van der Waals surface area contributed by atoms with Gasteiger partial charge in [0.25, 0.3) is 0 Å². The van der Waals surface area contributed by atoms with Gasteiger partial charge in [0.05, 0.1) is 0 Å². The van der Waals surface area contributed by atoms with Gasteiger partial charge in [0.2, 0.25) is 0 Å². The fourth-order valence-corrected chi connectivity index (χ4v) is 3.11. The second kappa shape index (κ2) is 9.22. The van der Waals surface area contributed by atoms with E-state index >= 15 is 0 Å². The summed E-state index contributed by atoms with van der Waals surface area (Å²) in [6.45, 7) is 10.9. The minimum absolute atomic E-state index is 0.0220. The van der Waals surface area contributed by atoms with Crippen LogP contribution in [0.15, 0.2) is 0 Å². The molecule has 2 amide bonds. The highest BCUT2D eigenvalue weighted by Crippen LogP contribution is 2.33. The molecule has 0 spiro atoms. The van der Waals surface area contributed by atoms with Crippen molar-refractivity contribution in [3.05, 3.63) is 0 Å². The fraction of sp³-hybridized carbons (Fsp3) is 0.938. The molecule has 0 bridgehead atoms. The summed E-state index contributed by atoms with van der Waals surface area (Å²) in [4.78, 5) is 12.0. The number of ether oxygens (including phenoxy) is 1. The van der Waals surface area contributed by atoms with Crippen molar-refractivity contribution < 1.29 is 9.53 Å². The molecular formula is C16H32N2O2. The summed E-state index contributed by atoms with van der Waals surface area (Å²) >= 11 is 0. The summed E-state index contributed by atoms with van der Waals surface area (Å²) in [6, 6.07) is 0.303. The van der Waals surface area contributed by atoms with E-state index in [9.17, 15) is 4.79 Å². The molecule has 0 radical (unpaired) electrons. The third-order valence-electron chi connectivity index (χ3n) is 4.29. The zero-order valence-corrected chi connectivity index (χ0v) is 13.6. The van der Waals surface area contributed by atoms with Gasteiger partial charge in [-0.25, -0.2) is 4.79 Å². The first-order valence-corrected chi connectivity index (χ1v) is 8.16. The number of hydrogen-bond acceptors (Lipinski definition) is 2. The van der Waals surface area contributed by atoms with E-state index in [4.69, 9.17) is 4.74 Å². The van der Waals surface area contributed by atoms with Crippen molar-refractivity contribution in [3.8, 4) is 0 Å². The third kappa shape index (κ3) is 6.12. The first-order chi connectivity index (χ1) is 9.54. The maximum atomic E-state index is 12.0. The largest absolute Gasteiger partial charge is 0.382 e. The van der Waals surface area contributed by atoms with Crippen LogP contribution < -0.4 is 10.6 Å². The van der Waals surface area contributed by atoms with Crippen molar-refractivity contribution in [2.75, 3.05) is 19.8 Å². The molecule has 0 heterocycles. The SMILES string of the molecule is CCOCCCNC(=O)N[C@H]1CC(C)CC[C@H]1C(C)C. The molecule has 1 aliphatic rings. The average molecular weight is 284 g/mol. The van der Waals surface area contributed by atoms with Gasteiger partial charge in [-0.3, -0.25) is 0 Å². The first-order valence-electron chi connectivity index (χ1n) is 8.16. The van der Waals surface area contributed by atoms with Crippen molar-refractivity contribution in [3.63, 3.8) is 0 Å². The molecule has 1 saturated carbocycles. The number of carbonyl (C=O) groups is 1. The van der Waals surface area contributed by atoms with Gasteiger partial charge in [-0.15, -0.1) is 0 Å². The second-order valence-corrected chi connectivity index (χ2v) is 6.38. The van der Waals surface area contributed by atoms with Crippen LogP contribution in [0.2, 0.25) is 0 Å². The minimum Gasteiger partial charge on any atom is -0.382 e. The number of urea groups is 1. The van der Waals surface area contributed by atoms with Crippen LogP contribution in [0, 0.1) is 17.8 Å². The standard InChI is InChI=1S/C16H32N2O2/c1-5-20-10-6-9-17-16(19)18-15-11-13(4)7-8-14(15)12(2)3/h12-15H,5-11H2,1-4H3,(H2,17,18,19)/t13?,14-,15-/m0/s1. The van der Waals surface area contributed by atoms with Crippen molar-refractivity contribution in [1.82, 2.24) is 10.6 Å². The normalized spacial score (nSPS) is 26.6. The Labute approximate surface area is 124 Å². The highest BCUT2D eigenvalue weighted by molar-refractivity contribution is 5.74. The number of nitrogens with one attached hydrogen (secondary N) is 2. The molecule has 0 saturated heterocycles. The van der Waals surface area contributed by atoms with Crippen molar-refractivity contribution in [2.24, 2.45) is 17.8 Å². The number of hydrogen-bond donors (Lipinski definition) is 2. The predicted octanol–water partition coefficient (Wildman–Crippen LogP) is 3.17. The van der Waals surface area contributed by atoms with Crippen molar-refractivity contribution in [2.45, 2.75) is 59.4 Å². The Balaban J connectivity index is 2.30. The van der Waals surface area contributed by atoms with Gasteiger partial charge in [0.1, 0.15) is 0 Å². The molecule has 3 atom stereocenters. The zero-order valence-electron chi connectivity index (χ0n) is 13.6. The molecule has 0 aromatic heterocycles. The van der Waals surface area contributed by atoms with Crippen LogP contribution in [-0.2, 0) is 4.74 Å². The Morgan fingerprint density at radius 3 is 2.75 bits per heavy atom. The van der Waals surface area contributed by atoms with E-state index < -0.39 is 0 Å². The molecule has 0 aromatic rings. The van der Waals surface area contributed by atoms with Crippen LogP contribution in [0.4, 0.5) is 4.79 Å². The lowest BCUT2D eigenvalue weighted by Crippen LogP contribution is -2.49. The molecule has 118 valence electrons. The number of rotatable bonds is 7.